The lowest BCUT2D eigenvalue weighted by atomic mass is 10.0. The van der Waals surface area contributed by atoms with Gasteiger partial charge in [-0.25, -0.2) is 8.42 Å². The zero-order valence-electron chi connectivity index (χ0n) is 15.6. The van der Waals surface area contributed by atoms with Crippen LogP contribution >= 0.6 is 11.3 Å². The van der Waals surface area contributed by atoms with Crippen molar-refractivity contribution in [3.05, 3.63) is 86.8 Å². The summed E-state index contributed by atoms with van der Waals surface area (Å²) in [5.41, 5.74) is 2.61. The molecule has 0 saturated carbocycles. The molecule has 0 spiro atoms. The van der Waals surface area contributed by atoms with Crippen molar-refractivity contribution in [3.8, 4) is 0 Å². The lowest BCUT2D eigenvalue weighted by molar-refractivity contribution is -0.384. The van der Waals surface area contributed by atoms with Crippen LogP contribution in [-0.2, 0) is 23.0 Å². The Balaban J connectivity index is 1.51. The SMILES string of the molecule is O=C(Nc1ccc2c(c1)CN(S(=O)(=O)c1cccs1)CC2)c1ccc([N+](=O)[O-])cc1. The Hall–Kier alpha value is -3.08. The summed E-state index contributed by atoms with van der Waals surface area (Å²) in [5, 5.41) is 15.2. The summed E-state index contributed by atoms with van der Waals surface area (Å²) in [7, 11) is -3.54. The van der Waals surface area contributed by atoms with Crippen LogP contribution in [0.4, 0.5) is 11.4 Å². The van der Waals surface area contributed by atoms with Crippen LogP contribution in [0.5, 0.6) is 0 Å². The molecule has 2 aromatic carbocycles. The molecule has 10 heteroatoms. The molecule has 1 aliphatic rings. The second kappa shape index (κ2) is 7.98. The van der Waals surface area contributed by atoms with E-state index in [2.05, 4.69) is 5.32 Å². The van der Waals surface area contributed by atoms with E-state index in [9.17, 15) is 23.3 Å². The summed E-state index contributed by atoms with van der Waals surface area (Å²) in [6.07, 6.45) is 0.594. The van der Waals surface area contributed by atoms with E-state index >= 15 is 0 Å². The third-order valence-corrected chi connectivity index (χ3v) is 8.09. The van der Waals surface area contributed by atoms with Crippen LogP contribution in [0.2, 0.25) is 0 Å². The van der Waals surface area contributed by atoms with Gasteiger partial charge in [0, 0.05) is 36.5 Å². The van der Waals surface area contributed by atoms with Crippen molar-refractivity contribution >= 4 is 38.6 Å². The Kier molecular flexibility index (Phi) is 5.37. The van der Waals surface area contributed by atoms with E-state index in [4.69, 9.17) is 0 Å². The molecule has 0 radical (unpaired) electrons. The number of hydrogen-bond donors (Lipinski definition) is 1. The average Bonchev–Trinajstić information content (AvgIpc) is 3.29. The van der Waals surface area contributed by atoms with Crippen LogP contribution < -0.4 is 5.32 Å². The summed E-state index contributed by atoms with van der Waals surface area (Å²) in [6.45, 7) is 0.637. The highest BCUT2D eigenvalue weighted by molar-refractivity contribution is 7.91. The third kappa shape index (κ3) is 3.97. The van der Waals surface area contributed by atoms with Crippen LogP contribution in [0.3, 0.4) is 0 Å². The van der Waals surface area contributed by atoms with Crippen LogP contribution in [0.25, 0.3) is 0 Å². The van der Waals surface area contributed by atoms with E-state index < -0.39 is 20.9 Å². The fourth-order valence-corrected chi connectivity index (χ4v) is 5.85. The second-order valence-electron chi connectivity index (χ2n) is 6.76. The number of non-ortho nitro benzene ring substituents is 1. The molecule has 3 aromatic rings. The molecule has 0 unspecified atom stereocenters. The smallest absolute Gasteiger partial charge is 0.269 e. The molecule has 0 fully saturated rings. The lowest BCUT2D eigenvalue weighted by Gasteiger charge is -2.28. The number of nitro benzene ring substituents is 1. The topological polar surface area (TPSA) is 110 Å². The number of thiophene rings is 1. The minimum Gasteiger partial charge on any atom is -0.322 e. The standard InChI is InChI=1S/C20H17N3O5S2/c24-20(15-4-7-18(8-5-15)23(25)26)21-17-6-3-14-9-10-22(13-16(14)12-17)30(27,28)19-2-1-11-29-19/h1-8,11-12H,9-10,13H2,(H,21,24). The summed E-state index contributed by atoms with van der Waals surface area (Å²) >= 11 is 1.19. The van der Waals surface area contributed by atoms with Gasteiger partial charge in [0.2, 0.25) is 0 Å². The predicted octanol–water partition coefficient (Wildman–Crippen LogP) is 3.66. The number of carbonyl (C=O) groups excluding carboxylic acids is 1. The Morgan fingerprint density at radius 2 is 1.87 bits per heavy atom. The zero-order valence-corrected chi connectivity index (χ0v) is 17.3. The highest BCUT2D eigenvalue weighted by Gasteiger charge is 2.29. The number of fused-ring (bicyclic) bond motifs is 1. The zero-order chi connectivity index (χ0) is 21.3. The van der Waals surface area contributed by atoms with Crippen molar-refractivity contribution in [2.24, 2.45) is 0 Å². The van der Waals surface area contributed by atoms with E-state index in [1.165, 1.54) is 39.9 Å². The molecule has 30 heavy (non-hydrogen) atoms. The van der Waals surface area contributed by atoms with E-state index in [1.54, 1.807) is 29.6 Å². The van der Waals surface area contributed by atoms with Gasteiger partial charge in [0.1, 0.15) is 4.21 Å². The van der Waals surface area contributed by atoms with Gasteiger partial charge in [-0.3, -0.25) is 14.9 Å². The highest BCUT2D eigenvalue weighted by atomic mass is 32.2. The second-order valence-corrected chi connectivity index (χ2v) is 9.87. The number of carbonyl (C=O) groups is 1. The Morgan fingerprint density at radius 3 is 2.53 bits per heavy atom. The molecule has 1 aliphatic heterocycles. The van der Waals surface area contributed by atoms with Crippen molar-refractivity contribution < 1.29 is 18.1 Å². The predicted molar refractivity (Wildman–Crippen MR) is 113 cm³/mol. The van der Waals surface area contributed by atoms with Gasteiger partial charge in [0.25, 0.3) is 21.6 Å². The van der Waals surface area contributed by atoms with Crippen LogP contribution in [0, 0.1) is 10.1 Å². The van der Waals surface area contributed by atoms with Gasteiger partial charge in [-0.1, -0.05) is 12.1 Å². The molecular formula is C20H17N3O5S2. The maximum Gasteiger partial charge on any atom is 0.269 e. The van der Waals surface area contributed by atoms with Gasteiger partial charge in [-0.2, -0.15) is 4.31 Å². The van der Waals surface area contributed by atoms with Crippen LogP contribution in [0.1, 0.15) is 21.5 Å². The highest BCUT2D eigenvalue weighted by Crippen LogP contribution is 2.29. The lowest BCUT2D eigenvalue weighted by Crippen LogP contribution is -2.35. The first kappa shape index (κ1) is 20.2. The number of rotatable bonds is 5. The van der Waals surface area contributed by atoms with E-state index in [0.29, 0.717) is 28.4 Å². The van der Waals surface area contributed by atoms with Crippen molar-refractivity contribution in [1.82, 2.24) is 4.31 Å². The average molecular weight is 444 g/mol. The Labute approximate surface area is 177 Å². The molecular weight excluding hydrogens is 426 g/mol. The summed E-state index contributed by atoms with van der Waals surface area (Å²) < 4.78 is 27.4. The fourth-order valence-electron chi connectivity index (χ4n) is 3.29. The number of hydrogen-bond acceptors (Lipinski definition) is 6. The largest absolute Gasteiger partial charge is 0.322 e. The van der Waals surface area contributed by atoms with Crippen LogP contribution in [0.15, 0.2) is 64.2 Å². The van der Waals surface area contributed by atoms with Crippen molar-refractivity contribution in [3.63, 3.8) is 0 Å². The monoisotopic (exact) mass is 443 g/mol. The molecule has 154 valence electrons. The van der Waals surface area contributed by atoms with Gasteiger partial charge in [0.05, 0.1) is 4.92 Å². The molecule has 1 N–H and O–H groups in total. The maximum absolute atomic E-state index is 12.8. The molecule has 1 aromatic heterocycles. The first-order valence-corrected chi connectivity index (χ1v) is 11.4. The molecule has 2 heterocycles. The maximum atomic E-state index is 12.8. The number of benzene rings is 2. The molecule has 1 amide bonds. The number of anilines is 1. The van der Waals surface area contributed by atoms with Gasteiger partial charge < -0.3 is 5.32 Å². The summed E-state index contributed by atoms with van der Waals surface area (Å²) in [6, 6.07) is 14.1. The summed E-state index contributed by atoms with van der Waals surface area (Å²) in [4.78, 5) is 22.7. The minimum atomic E-state index is -3.54. The fraction of sp³-hybridized carbons (Fsp3) is 0.150. The molecule has 4 rings (SSSR count). The van der Waals surface area contributed by atoms with E-state index in [1.807, 2.05) is 6.07 Å². The molecule has 0 saturated heterocycles. The third-order valence-electron chi connectivity index (χ3n) is 4.87. The molecule has 0 aliphatic carbocycles. The summed E-state index contributed by atoms with van der Waals surface area (Å²) in [5.74, 6) is -0.399. The van der Waals surface area contributed by atoms with Gasteiger partial charge in [-0.15, -0.1) is 11.3 Å². The van der Waals surface area contributed by atoms with Crippen molar-refractivity contribution in [2.45, 2.75) is 17.2 Å². The van der Waals surface area contributed by atoms with Crippen molar-refractivity contribution in [1.29, 1.82) is 0 Å². The number of amides is 1. The van der Waals surface area contributed by atoms with E-state index in [-0.39, 0.29) is 12.2 Å². The Morgan fingerprint density at radius 1 is 1.10 bits per heavy atom. The first-order chi connectivity index (χ1) is 14.3. The van der Waals surface area contributed by atoms with E-state index in [0.717, 1.165) is 11.1 Å². The van der Waals surface area contributed by atoms with Gasteiger partial charge >= 0.3 is 0 Å². The number of nitrogens with zero attached hydrogens (tertiary/aromatic N) is 2. The quantitative estimate of drug-likeness (QED) is 0.478. The van der Waals surface area contributed by atoms with Crippen molar-refractivity contribution in [2.75, 3.05) is 11.9 Å². The number of nitrogens with one attached hydrogen (secondary N) is 1. The number of nitro groups is 1. The molecule has 0 bridgehead atoms. The molecule has 8 nitrogen and oxygen atoms in total. The number of sulfonamides is 1. The normalized spacial score (nSPS) is 14.1. The van der Waals surface area contributed by atoms with Gasteiger partial charge in [0.15, 0.2) is 0 Å². The molecule has 0 atom stereocenters. The minimum absolute atomic E-state index is 0.0904. The first-order valence-electron chi connectivity index (χ1n) is 9.06. The van der Waals surface area contributed by atoms with Crippen LogP contribution in [-0.4, -0.2) is 30.1 Å². The van der Waals surface area contributed by atoms with Gasteiger partial charge in [-0.05, 0) is 53.3 Å². The Bertz CT molecular complexity index is 1210.